The maximum Gasteiger partial charge on any atom is 0.337 e. The molecule has 7 nitrogen and oxygen atoms in total. The predicted octanol–water partition coefficient (Wildman–Crippen LogP) is 5.93. The first-order valence-electron chi connectivity index (χ1n) is 12.3. The number of aromatic nitrogens is 1. The largest absolute Gasteiger partial charge is 0.496 e. The average Bonchev–Trinajstić information content (AvgIpc) is 3.48. The van der Waals surface area contributed by atoms with Crippen LogP contribution in [0.2, 0.25) is 0 Å². The molecule has 3 atom stereocenters. The number of ether oxygens (including phenoxy) is 2. The van der Waals surface area contributed by atoms with Crippen LogP contribution in [-0.4, -0.2) is 59.1 Å². The number of benzene rings is 2. The number of halogens is 1. The number of methoxy groups -OCH3 is 2. The van der Waals surface area contributed by atoms with E-state index < -0.39 is 0 Å². The fraction of sp³-hybridized carbons (Fsp3) is 0.444. The molecule has 3 unspecified atom stereocenters. The third-order valence-corrected chi connectivity index (χ3v) is 8.83. The predicted molar refractivity (Wildman–Crippen MR) is 151 cm³/mol. The highest BCUT2D eigenvalue weighted by atomic mass is 127. The summed E-state index contributed by atoms with van der Waals surface area (Å²) in [5.41, 5.74) is 5.30. The molecular weight excluding hydrogens is 589 g/mol. The highest BCUT2D eigenvalue weighted by Gasteiger charge is 2.40. The lowest BCUT2D eigenvalue weighted by molar-refractivity contribution is 0.0285. The van der Waals surface area contributed by atoms with Crippen molar-refractivity contribution >= 4 is 52.1 Å². The van der Waals surface area contributed by atoms with Gasteiger partial charge >= 0.3 is 5.97 Å². The number of carbonyl (C=O) groups is 1. The normalized spacial score (nSPS) is 22.6. The van der Waals surface area contributed by atoms with Gasteiger partial charge in [-0.15, -0.1) is 0 Å². The first-order valence-corrected chi connectivity index (χ1v) is 13.8. The van der Waals surface area contributed by atoms with E-state index in [1.54, 1.807) is 7.11 Å². The van der Waals surface area contributed by atoms with Gasteiger partial charge in [0.05, 0.1) is 25.3 Å². The van der Waals surface area contributed by atoms with Crippen molar-refractivity contribution in [1.29, 1.82) is 0 Å². The topological polar surface area (TPSA) is 56.2 Å². The van der Waals surface area contributed by atoms with Gasteiger partial charge in [-0.05, 0) is 62.1 Å². The molecule has 0 saturated carbocycles. The van der Waals surface area contributed by atoms with Crippen molar-refractivity contribution in [3.05, 3.63) is 64.8 Å². The van der Waals surface area contributed by atoms with Gasteiger partial charge < -0.3 is 9.47 Å². The molecule has 3 heterocycles. The van der Waals surface area contributed by atoms with Crippen LogP contribution in [0.5, 0.6) is 5.75 Å². The van der Waals surface area contributed by atoms with Gasteiger partial charge in [0, 0.05) is 54.9 Å². The molecule has 0 bridgehead atoms. The van der Waals surface area contributed by atoms with Crippen molar-refractivity contribution in [2.24, 2.45) is 0 Å². The van der Waals surface area contributed by atoms with E-state index in [1.807, 2.05) is 35.1 Å². The molecule has 192 valence electrons. The first kappa shape index (κ1) is 25.8. The van der Waals surface area contributed by atoms with E-state index in [0.717, 1.165) is 36.5 Å². The third-order valence-electron chi connectivity index (χ3n) is 7.82. The van der Waals surface area contributed by atoms with E-state index in [9.17, 15) is 4.79 Å². The Hall–Kier alpha value is -1.79. The van der Waals surface area contributed by atoms with Crippen LogP contribution in [-0.2, 0) is 13.8 Å². The molecule has 2 aliphatic heterocycles. The van der Waals surface area contributed by atoms with Gasteiger partial charge in [-0.1, -0.05) is 12.1 Å². The summed E-state index contributed by atoms with van der Waals surface area (Å²) in [4.78, 5) is 17.3. The van der Waals surface area contributed by atoms with Gasteiger partial charge in [0.25, 0.3) is 0 Å². The molecule has 0 N–H and O–H groups in total. The summed E-state index contributed by atoms with van der Waals surface area (Å²) in [5.74, 6) is 0.611. The maximum atomic E-state index is 12.0. The van der Waals surface area contributed by atoms with Crippen LogP contribution >= 0.6 is 35.2 Å². The number of hydrogen-bond acceptors (Lipinski definition) is 7. The van der Waals surface area contributed by atoms with E-state index in [0.29, 0.717) is 17.6 Å². The Bertz CT molecular complexity index is 1250. The lowest BCUT2D eigenvalue weighted by Crippen LogP contribution is -2.53. The molecule has 0 amide bonds. The quantitative estimate of drug-likeness (QED) is 0.184. The van der Waals surface area contributed by atoms with Crippen LogP contribution in [0.25, 0.3) is 10.9 Å². The van der Waals surface area contributed by atoms with Crippen molar-refractivity contribution in [3.63, 3.8) is 0 Å². The summed E-state index contributed by atoms with van der Waals surface area (Å²) in [6, 6.07) is 13.6. The minimum Gasteiger partial charge on any atom is -0.496 e. The van der Waals surface area contributed by atoms with Crippen molar-refractivity contribution < 1.29 is 16.8 Å². The Morgan fingerprint density at radius 2 is 1.92 bits per heavy atom. The van der Waals surface area contributed by atoms with Crippen molar-refractivity contribution in [2.45, 2.75) is 51.4 Å². The Morgan fingerprint density at radius 1 is 1.14 bits per heavy atom. The molecule has 0 spiro atoms. The highest BCUT2D eigenvalue weighted by Crippen LogP contribution is 2.40. The molecule has 2 aliphatic rings. The molecule has 3 aromatic rings. The van der Waals surface area contributed by atoms with E-state index in [2.05, 4.69) is 58.1 Å². The molecular formula is C27H32IN3O4S. The lowest BCUT2D eigenvalue weighted by atomic mass is 9.96. The van der Waals surface area contributed by atoms with Crippen LogP contribution < -0.4 is 4.74 Å². The van der Waals surface area contributed by atoms with Gasteiger partial charge in [0.15, 0.2) is 0 Å². The standard InChI is InChI=1S/C27H32IN3O4S/c1-17-13-25(33-3)23(22-11-12-31(26(17)22)36-35-28)15-29-14-21-10-5-18(2)30(21)16-24(29)19-6-8-20(9-7-19)27(32)34-4/h6-9,11-13,18,21,24H,5,10,14-16H2,1-4H3. The average molecular weight is 622 g/mol. The zero-order valence-corrected chi connectivity index (χ0v) is 24.0. The van der Waals surface area contributed by atoms with Crippen LogP contribution in [0.4, 0.5) is 0 Å². The zero-order valence-electron chi connectivity index (χ0n) is 21.1. The van der Waals surface area contributed by atoms with Gasteiger partial charge in [0.1, 0.15) is 41.0 Å². The third kappa shape index (κ3) is 4.76. The van der Waals surface area contributed by atoms with Crippen LogP contribution in [0.15, 0.2) is 42.6 Å². The number of esters is 1. The second-order valence-electron chi connectivity index (χ2n) is 9.75. The number of nitrogens with zero attached hydrogens (tertiary/aromatic N) is 3. The van der Waals surface area contributed by atoms with E-state index in [1.165, 1.54) is 48.7 Å². The second-order valence-corrected chi connectivity index (χ2v) is 11.5. The van der Waals surface area contributed by atoms with E-state index >= 15 is 0 Å². The van der Waals surface area contributed by atoms with E-state index in [-0.39, 0.29) is 12.0 Å². The Morgan fingerprint density at radius 3 is 2.61 bits per heavy atom. The highest BCUT2D eigenvalue weighted by molar-refractivity contribution is 14.1. The number of hydrogen-bond donors (Lipinski definition) is 0. The molecule has 5 rings (SSSR count). The fourth-order valence-corrected chi connectivity index (χ4v) is 6.99. The van der Waals surface area contributed by atoms with Crippen LogP contribution in [0, 0.1) is 6.92 Å². The molecule has 2 saturated heterocycles. The van der Waals surface area contributed by atoms with Gasteiger partial charge in [-0.2, -0.15) is 0 Å². The Kier molecular flexibility index (Phi) is 7.83. The summed E-state index contributed by atoms with van der Waals surface area (Å²) >= 11 is 3.22. The molecule has 1 aromatic heterocycles. The zero-order chi connectivity index (χ0) is 25.4. The van der Waals surface area contributed by atoms with Crippen LogP contribution in [0.1, 0.15) is 52.9 Å². The molecule has 0 radical (unpaired) electrons. The number of aryl methyl sites for hydroxylation is 1. The number of fused-ring (bicyclic) bond motifs is 2. The molecule has 2 fully saturated rings. The smallest absolute Gasteiger partial charge is 0.337 e. The summed E-state index contributed by atoms with van der Waals surface area (Å²) in [6.45, 7) is 7.21. The van der Waals surface area contributed by atoms with Crippen molar-refractivity contribution in [1.82, 2.24) is 13.8 Å². The lowest BCUT2D eigenvalue weighted by Gasteiger charge is -2.45. The number of rotatable bonds is 7. The SMILES string of the molecule is COC(=O)c1ccc(C2CN3C(C)CCC3CN2Cc2c(OC)cc(C)c3c2ccn3SOI)cc1. The van der Waals surface area contributed by atoms with Crippen LogP contribution in [0.3, 0.4) is 0 Å². The minimum absolute atomic E-state index is 0.212. The van der Waals surface area contributed by atoms with Crippen molar-refractivity contribution in [3.8, 4) is 5.75 Å². The van der Waals surface area contributed by atoms with E-state index in [4.69, 9.17) is 12.0 Å². The summed E-state index contributed by atoms with van der Waals surface area (Å²) < 4.78 is 18.2. The van der Waals surface area contributed by atoms with Crippen molar-refractivity contribution in [2.75, 3.05) is 27.3 Å². The molecule has 36 heavy (non-hydrogen) atoms. The number of piperazine rings is 1. The fourth-order valence-electron chi connectivity index (χ4n) is 5.98. The van der Waals surface area contributed by atoms with Gasteiger partial charge in [0.2, 0.25) is 0 Å². The first-order chi connectivity index (χ1) is 17.4. The molecule has 0 aliphatic carbocycles. The summed E-state index contributed by atoms with van der Waals surface area (Å²) in [6.07, 6.45) is 4.52. The van der Waals surface area contributed by atoms with Gasteiger partial charge in [-0.3, -0.25) is 13.8 Å². The summed E-state index contributed by atoms with van der Waals surface area (Å²) in [5, 5.41) is 1.19. The Labute approximate surface area is 231 Å². The van der Waals surface area contributed by atoms with Gasteiger partial charge in [-0.25, -0.2) is 7.31 Å². The minimum atomic E-state index is -0.306. The molecule has 2 aromatic carbocycles. The monoisotopic (exact) mass is 621 g/mol. The maximum absolute atomic E-state index is 12.0. The molecule has 9 heteroatoms. The summed E-state index contributed by atoms with van der Waals surface area (Å²) in [7, 11) is 3.17. The second kappa shape index (κ2) is 10.9. The Balaban J connectivity index is 1.53. The number of carbonyl (C=O) groups excluding carboxylic acids is 1.